The minimum absolute atomic E-state index is 0.311. The van der Waals surface area contributed by atoms with Crippen LogP contribution < -0.4 is 0 Å². The number of rotatable bonds is 6. The van der Waals surface area contributed by atoms with Crippen LogP contribution in [-0.2, 0) is 4.79 Å². The van der Waals surface area contributed by atoms with Crippen molar-refractivity contribution in [3.63, 3.8) is 0 Å². The average Bonchev–Trinajstić information content (AvgIpc) is 2.68. The van der Waals surface area contributed by atoms with E-state index in [0.29, 0.717) is 11.8 Å². The van der Waals surface area contributed by atoms with Crippen LogP contribution in [-0.4, -0.2) is 6.29 Å². The second-order valence-corrected chi connectivity index (χ2v) is 8.34. The lowest BCUT2D eigenvalue weighted by molar-refractivity contribution is -0.111. The molecule has 0 heterocycles. The van der Waals surface area contributed by atoms with Gasteiger partial charge in [0.2, 0.25) is 0 Å². The molecule has 0 atom stereocenters. The fourth-order valence-electron chi connectivity index (χ4n) is 4.79. The third-order valence-electron chi connectivity index (χ3n) is 6.52. The predicted octanol–water partition coefficient (Wildman–Crippen LogP) is 6.78. The first-order valence-electron chi connectivity index (χ1n) is 10.5. The molecule has 0 aliphatic heterocycles. The Kier molecular flexibility index (Phi) is 6.90. The van der Waals surface area contributed by atoms with Gasteiger partial charge < -0.3 is 4.79 Å². The third kappa shape index (κ3) is 5.30. The molecule has 1 aromatic carbocycles. The molecule has 0 N–H and O–H groups in total. The van der Waals surface area contributed by atoms with Gasteiger partial charge in [0.25, 0.3) is 0 Å². The monoisotopic (exact) mass is 338 g/mol. The van der Waals surface area contributed by atoms with Crippen LogP contribution in [0.25, 0.3) is 6.08 Å². The third-order valence-corrected chi connectivity index (χ3v) is 6.52. The van der Waals surface area contributed by atoms with Crippen LogP contribution in [0.4, 0.5) is 0 Å². The number of carbonyl (C=O) groups is 1. The van der Waals surface area contributed by atoms with Gasteiger partial charge in [-0.2, -0.15) is 0 Å². The quantitative estimate of drug-likeness (QED) is 0.522. The van der Waals surface area contributed by atoms with Crippen molar-refractivity contribution in [2.24, 2.45) is 17.8 Å². The van der Waals surface area contributed by atoms with Crippen LogP contribution >= 0.6 is 0 Å². The molecule has 1 heteroatoms. The van der Waals surface area contributed by atoms with Crippen molar-refractivity contribution in [1.29, 1.82) is 0 Å². The van der Waals surface area contributed by atoms with Crippen molar-refractivity contribution in [2.45, 2.75) is 77.0 Å². The summed E-state index contributed by atoms with van der Waals surface area (Å²) >= 11 is 0. The maximum Gasteiger partial charge on any atom is 0.123 e. The maximum atomic E-state index is 10.9. The summed E-state index contributed by atoms with van der Waals surface area (Å²) in [6, 6.07) is 9.17. The molecule has 136 valence electrons. The molecule has 2 fully saturated rings. The molecule has 2 aliphatic rings. The van der Waals surface area contributed by atoms with Gasteiger partial charge in [-0.25, -0.2) is 0 Å². The normalized spacial score (nSPS) is 30.4. The Morgan fingerprint density at radius 2 is 1.52 bits per heavy atom. The van der Waals surface area contributed by atoms with Crippen LogP contribution in [0.5, 0.6) is 0 Å². The zero-order valence-electron chi connectivity index (χ0n) is 15.8. The Bertz CT molecular complexity index is 540. The van der Waals surface area contributed by atoms with E-state index in [9.17, 15) is 4.79 Å². The van der Waals surface area contributed by atoms with Gasteiger partial charge in [0.05, 0.1) is 0 Å². The minimum atomic E-state index is 0.311. The summed E-state index contributed by atoms with van der Waals surface area (Å²) in [5, 5.41) is 0. The Labute approximate surface area is 153 Å². The SMILES string of the molecule is CCCC1CCC(C=Cc2ccc(C3CCC(C=O)CC3)cc2)CC1. The fraction of sp³-hybridized carbons (Fsp3) is 0.625. The molecule has 3 rings (SSSR count). The first kappa shape index (κ1) is 18.4. The van der Waals surface area contributed by atoms with Crippen molar-refractivity contribution in [2.75, 3.05) is 0 Å². The van der Waals surface area contributed by atoms with Gasteiger partial charge in [0.1, 0.15) is 6.29 Å². The van der Waals surface area contributed by atoms with E-state index < -0.39 is 0 Å². The van der Waals surface area contributed by atoms with Crippen LogP contribution in [0.15, 0.2) is 30.3 Å². The highest BCUT2D eigenvalue weighted by Gasteiger charge is 2.22. The molecule has 0 amide bonds. The summed E-state index contributed by atoms with van der Waals surface area (Å²) in [6.45, 7) is 2.31. The first-order chi connectivity index (χ1) is 12.3. The van der Waals surface area contributed by atoms with Gasteiger partial charge >= 0.3 is 0 Å². The standard InChI is InChI=1S/C24H34O/c1-2-3-19-4-6-20(7-5-19)8-9-21-10-14-23(15-11-21)24-16-12-22(18-25)13-17-24/h8-11,14-15,18-20,22,24H,2-7,12-13,16-17H2,1H3. The molecule has 0 saturated heterocycles. The zero-order valence-corrected chi connectivity index (χ0v) is 15.8. The van der Waals surface area contributed by atoms with Crippen molar-refractivity contribution in [3.8, 4) is 0 Å². The van der Waals surface area contributed by atoms with Crippen LogP contribution in [0, 0.1) is 17.8 Å². The first-order valence-corrected chi connectivity index (χ1v) is 10.5. The van der Waals surface area contributed by atoms with E-state index in [1.807, 2.05) is 0 Å². The van der Waals surface area contributed by atoms with Crippen molar-refractivity contribution < 1.29 is 4.79 Å². The summed E-state index contributed by atoms with van der Waals surface area (Å²) in [5.41, 5.74) is 2.79. The number of allylic oxidation sites excluding steroid dienone is 1. The van der Waals surface area contributed by atoms with Gasteiger partial charge in [0.15, 0.2) is 0 Å². The van der Waals surface area contributed by atoms with E-state index in [2.05, 4.69) is 43.3 Å². The molecule has 0 spiro atoms. The Morgan fingerprint density at radius 1 is 0.880 bits per heavy atom. The second kappa shape index (κ2) is 9.36. The molecule has 1 aromatic rings. The molecule has 0 radical (unpaired) electrons. The van der Waals surface area contributed by atoms with Gasteiger partial charge in [-0.1, -0.05) is 56.2 Å². The van der Waals surface area contributed by atoms with Crippen molar-refractivity contribution >= 4 is 12.4 Å². The Morgan fingerprint density at radius 3 is 2.12 bits per heavy atom. The molecule has 1 nitrogen and oxygen atoms in total. The molecule has 0 unspecified atom stereocenters. The lowest BCUT2D eigenvalue weighted by Gasteiger charge is -2.26. The molecule has 0 bridgehead atoms. The lowest BCUT2D eigenvalue weighted by Crippen LogP contribution is -2.14. The lowest BCUT2D eigenvalue weighted by atomic mass is 9.79. The number of benzene rings is 1. The summed E-state index contributed by atoms with van der Waals surface area (Å²) < 4.78 is 0. The summed E-state index contributed by atoms with van der Waals surface area (Å²) in [7, 11) is 0. The van der Waals surface area contributed by atoms with Crippen LogP contribution in [0.3, 0.4) is 0 Å². The molecule has 25 heavy (non-hydrogen) atoms. The zero-order chi connectivity index (χ0) is 17.5. The van der Waals surface area contributed by atoms with Crippen LogP contribution in [0.1, 0.15) is 88.2 Å². The highest BCUT2D eigenvalue weighted by atomic mass is 16.1. The van der Waals surface area contributed by atoms with Gasteiger partial charge in [0, 0.05) is 5.92 Å². The highest BCUT2D eigenvalue weighted by molar-refractivity contribution is 5.54. The van der Waals surface area contributed by atoms with E-state index in [-0.39, 0.29) is 0 Å². The number of aldehydes is 1. The van der Waals surface area contributed by atoms with Gasteiger partial charge in [-0.3, -0.25) is 0 Å². The van der Waals surface area contributed by atoms with E-state index in [1.54, 1.807) is 0 Å². The summed E-state index contributed by atoms with van der Waals surface area (Å²) in [6.07, 6.45) is 18.8. The van der Waals surface area contributed by atoms with E-state index in [1.165, 1.54) is 62.5 Å². The molecular weight excluding hydrogens is 304 g/mol. The predicted molar refractivity (Wildman–Crippen MR) is 107 cm³/mol. The highest BCUT2D eigenvalue weighted by Crippen LogP contribution is 2.35. The van der Waals surface area contributed by atoms with E-state index in [4.69, 9.17) is 0 Å². The van der Waals surface area contributed by atoms with Gasteiger partial charge in [-0.05, 0) is 80.2 Å². The van der Waals surface area contributed by atoms with Crippen molar-refractivity contribution in [1.82, 2.24) is 0 Å². The topological polar surface area (TPSA) is 17.1 Å². The molecule has 0 aromatic heterocycles. The summed E-state index contributed by atoms with van der Waals surface area (Å²) in [5.74, 6) is 2.74. The molecular formula is C24H34O. The maximum absolute atomic E-state index is 10.9. The van der Waals surface area contributed by atoms with E-state index >= 15 is 0 Å². The second-order valence-electron chi connectivity index (χ2n) is 8.34. The number of carbonyl (C=O) groups excluding carboxylic acids is 1. The van der Waals surface area contributed by atoms with Crippen LogP contribution in [0.2, 0.25) is 0 Å². The fourth-order valence-corrected chi connectivity index (χ4v) is 4.79. The Hall–Kier alpha value is -1.37. The largest absolute Gasteiger partial charge is 0.303 e. The number of hydrogen-bond donors (Lipinski definition) is 0. The Balaban J connectivity index is 1.49. The summed E-state index contributed by atoms with van der Waals surface area (Å²) in [4.78, 5) is 10.9. The molecule has 2 saturated carbocycles. The minimum Gasteiger partial charge on any atom is -0.303 e. The molecule has 2 aliphatic carbocycles. The van der Waals surface area contributed by atoms with E-state index in [0.717, 1.165) is 31.0 Å². The van der Waals surface area contributed by atoms with Gasteiger partial charge in [-0.15, -0.1) is 0 Å². The smallest absolute Gasteiger partial charge is 0.123 e. The van der Waals surface area contributed by atoms with Crippen molar-refractivity contribution in [3.05, 3.63) is 41.5 Å². The number of hydrogen-bond acceptors (Lipinski definition) is 1. The average molecular weight is 339 g/mol.